The Bertz CT molecular complexity index is 577. The molecule has 1 aliphatic carbocycles. The summed E-state index contributed by atoms with van der Waals surface area (Å²) in [6.45, 7) is 3.35. The number of aromatic nitrogens is 1. The first-order chi connectivity index (χ1) is 9.72. The monoisotopic (exact) mass is 272 g/mol. The molecule has 108 valence electrons. The number of benzene rings is 1. The molecular formula is C17H24N2O. The summed E-state index contributed by atoms with van der Waals surface area (Å²) < 4.78 is 0. The Morgan fingerprint density at radius 2 is 2.30 bits per heavy atom. The topological polar surface area (TPSA) is 48.0 Å². The lowest BCUT2D eigenvalue weighted by Gasteiger charge is -2.39. The highest BCUT2D eigenvalue weighted by Crippen LogP contribution is 2.32. The van der Waals surface area contributed by atoms with Gasteiger partial charge in [0.25, 0.3) is 0 Å². The highest BCUT2D eigenvalue weighted by molar-refractivity contribution is 5.82. The van der Waals surface area contributed by atoms with E-state index in [1.165, 1.54) is 29.3 Å². The van der Waals surface area contributed by atoms with Crippen molar-refractivity contribution < 1.29 is 5.11 Å². The second-order valence-electron chi connectivity index (χ2n) is 6.35. The lowest BCUT2D eigenvalue weighted by Crippen LogP contribution is -2.51. The van der Waals surface area contributed by atoms with Crippen molar-refractivity contribution in [2.24, 2.45) is 5.92 Å². The molecule has 1 saturated carbocycles. The maximum Gasteiger partial charge on any atom is 0.0613 e. The number of aromatic amines is 1. The molecule has 0 radical (unpaired) electrons. The molecule has 0 aliphatic heterocycles. The summed E-state index contributed by atoms with van der Waals surface area (Å²) in [5.74, 6) is 0.700. The number of hydrogen-bond acceptors (Lipinski definition) is 2. The van der Waals surface area contributed by atoms with Gasteiger partial charge >= 0.3 is 0 Å². The third kappa shape index (κ3) is 2.60. The van der Waals surface area contributed by atoms with Gasteiger partial charge < -0.3 is 15.4 Å². The predicted octanol–water partition coefficient (Wildman–Crippen LogP) is 3.20. The highest BCUT2D eigenvalue weighted by atomic mass is 16.3. The van der Waals surface area contributed by atoms with Gasteiger partial charge in [-0.1, -0.05) is 31.9 Å². The Hall–Kier alpha value is -1.32. The second kappa shape index (κ2) is 5.58. The molecule has 3 rings (SSSR count). The maximum atomic E-state index is 9.84. The molecule has 3 heteroatoms. The highest BCUT2D eigenvalue weighted by Gasteiger charge is 2.33. The van der Waals surface area contributed by atoms with E-state index in [0.717, 1.165) is 19.4 Å². The van der Waals surface area contributed by atoms with Crippen LogP contribution in [0.3, 0.4) is 0 Å². The average Bonchev–Trinajstić information content (AvgIpc) is 2.94. The van der Waals surface area contributed by atoms with Crippen LogP contribution in [-0.4, -0.2) is 22.2 Å². The molecule has 0 bridgehead atoms. The van der Waals surface area contributed by atoms with Gasteiger partial charge in [-0.25, -0.2) is 0 Å². The smallest absolute Gasteiger partial charge is 0.0613 e. The van der Waals surface area contributed by atoms with E-state index < -0.39 is 0 Å². The van der Waals surface area contributed by atoms with Crippen LogP contribution in [0.4, 0.5) is 0 Å². The minimum Gasteiger partial charge on any atom is -0.394 e. The Balaban J connectivity index is 1.76. The summed E-state index contributed by atoms with van der Waals surface area (Å²) >= 11 is 0. The van der Waals surface area contributed by atoms with Gasteiger partial charge in [-0.3, -0.25) is 0 Å². The molecular weight excluding hydrogens is 248 g/mol. The van der Waals surface area contributed by atoms with Crippen LogP contribution in [0.2, 0.25) is 0 Å². The van der Waals surface area contributed by atoms with Gasteiger partial charge in [0.1, 0.15) is 0 Å². The lowest BCUT2D eigenvalue weighted by molar-refractivity contribution is 0.0983. The Morgan fingerprint density at radius 1 is 1.40 bits per heavy atom. The zero-order valence-corrected chi connectivity index (χ0v) is 12.2. The number of aliphatic hydroxyl groups excluding tert-OH is 1. The number of H-pyrrole nitrogens is 1. The van der Waals surface area contributed by atoms with Gasteiger partial charge in [-0.2, -0.15) is 0 Å². The van der Waals surface area contributed by atoms with Crippen molar-refractivity contribution in [1.29, 1.82) is 0 Å². The van der Waals surface area contributed by atoms with Crippen molar-refractivity contribution in [2.45, 2.75) is 44.7 Å². The van der Waals surface area contributed by atoms with Crippen LogP contribution in [0.1, 0.15) is 38.2 Å². The van der Waals surface area contributed by atoms with Crippen molar-refractivity contribution in [2.75, 3.05) is 6.61 Å². The number of rotatable bonds is 4. The molecule has 0 spiro atoms. The van der Waals surface area contributed by atoms with E-state index in [-0.39, 0.29) is 12.1 Å². The van der Waals surface area contributed by atoms with Crippen LogP contribution < -0.4 is 5.32 Å². The van der Waals surface area contributed by atoms with Crippen molar-refractivity contribution >= 4 is 10.9 Å². The van der Waals surface area contributed by atoms with E-state index in [9.17, 15) is 5.11 Å². The van der Waals surface area contributed by atoms with Crippen LogP contribution in [0, 0.1) is 5.92 Å². The first kappa shape index (κ1) is 13.7. The number of hydrogen-bond donors (Lipinski definition) is 3. The van der Waals surface area contributed by atoms with Gasteiger partial charge in [-0.15, -0.1) is 0 Å². The molecule has 2 unspecified atom stereocenters. The van der Waals surface area contributed by atoms with Crippen molar-refractivity contribution in [3.8, 4) is 0 Å². The Morgan fingerprint density at radius 3 is 3.10 bits per heavy atom. The van der Waals surface area contributed by atoms with Crippen LogP contribution in [-0.2, 0) is 6.54 Å². The van der Waals surface area contributed by atoms with Crippen molar-refractivity contribution in [3.63, 3.8) is 0 Å². The number of aliphatic hydroxyl groups is 1. The van der Waals surface area contributed by atoms with Gasteiger partial charge in [0.2, 0.25) is 0 Å². The first-order valence-corrected chi connectivity index (χ1v) is 7.63. The fourth-order valence-corrected chi connectivity index (χ4v) is 3.61. The molecule has 0 amide bonds. The maximum absolute atomic E-state index is 9.84. The molecule has 1 aromatic carbocycles. The van der Waals surface area contributed by atoms with E-state index in [4.69, 9.17) is 0 Å². The lowest BCUT2D eigenvalue weighted by atomic mass is 9.76. The van der Waals surface area contributed by atoms with Crippen LogP contribution in [0.5, 0.6) is 0 Å². The zero-order valence-electron chi connectivity index (χ0n) is 12.2. The van der Waals surface area contributed by atoms with E-state index in [0.29, 0.717) is 5.92 Å². The molecule has 1 heterocycles. The van der Waals surface area contributed by atoms with Gasteiger partial charge in [0.05, 0.1) is 6.61 Å². The van der Waals surface area contributed by atoms with Crippen LogP contribution >= 0.6 is 0 Å². The van der Waals surface area contributed by atoms with Crippen molar-refractivity contribution in [1.82, 2.24) is 10.3 Å². The predicted molar refractivity (Wildman–Crippen MR) is 82.6 cm³/mol. The molecule has 20 heavy (non-hydrogen) atoms. The number of fused-ring (bicyclic) bond motifs is 1. The fraction of sp³-hybridized carbons (Fsp3) is 0.529. The molecule has 2 aromatic rings. The fourth-order valence-electron chi connectivity index (χ4n) is 3.61. The van der Waals surface area contributed by atoms with Crippen LogP contribution in [0.25, 0.3) is 10.9 Å². The summed E-state index contributed by atoms with van der Waals surface area (Å²) in [5.41, 5.74) is 2.39. The molecule has 1 aliphatic rings. The molecule has 3 nitrogen and oxygen atoms in total. The Kier molecular flexibility index (Phi) is 3.81. The molecule has 1 aromatic heterocycles. The van der Waals surface area contributed by atoms with E-state index in [1.54, 1.807) is 0 Å². The molecule has 2 atom stereocenters. The standard InChI is InChI=1S/C17H24N2O/c1-13-4-3-8-17(10-13,12-20)19-11-14-5-2-6-16-15(14)7-9-18-16/h2,5-7,9,13,18-20H,3-4,8,10-12H2,1H3. The normalized spacial score (nSPS) is 27.0. The Labute approximate surface area is 120 Å². The van der Waals surface area contributed by atoms with Crippen LogP contribution in [0.15, 0.2) is 30.5 Å². The average molecular weight is 272 g/mol. The SMILES string of the molecule is CC1CCCC(CO)(NCc2cccc3[nH]ccc23)C1. The zero-order chi connectivity index (χ0) is 14.0. The van der Waals surface area contributed by atoms with E-state index in [2.05, 4.69) is 41.5 Å². The van der Waals surface area contributed by atoms with E-state index in [1.807, 2.05) is 6.20 Å². The largest absolute Gasteiger partial charge is 0.394 e. The third-order valence-electron chi connectivity index (χ3n) is 4.73. The van der Waals surface area contributed by atoms with Gasteiger partial charge in [-0.05, 0) is 36.5 Å². The first-order valence-electron chi connectivity index (χ1n) is 7.63. The summed E-state index contributed by atoms with van der Waals surface area (Å²) in [4.78, 5) is 3.25. The van der Waals surface area contributed by atoms with Crippen molar-refractivity contribution in [3.05, 3.63) is 36.0 Å². The summed E-state index contributed by atoms with van der Waals surface area (Å²) in [5, 5.41) is 14.8. The van der Waals surface area contributed by atoms with Gasteiger partial charge in [0.15, 0.2) is 0 Å². The minimum atomic E-state index is -0.0872. The van der Waals surface area contributed by atoms with E-state index >= 15 is 0 Å². The minimum absolute atomic E-state index is 0.0872. The molecule has 0 saturated heterocycles. The summed E-state index contributed by atoms with van der Waals surface area (Å²) in [7, 11) is 0. The summed E-state index contributed by atoms with van der Waals surface area (Å²) in [6.07, 6.45) is 6.64. The molecule has 1 fully saturated rings. The second-order valence-corrected chi connectivity index (χ2v) is 6.35. The quantitative estimate of drug-likeness (QED) is 0.800. The number of nitrogens with one attached hydrogen (secondary N) is 2. The third-order valence-corrected chi connectivity index (χ3v) is 4.73. The summed E-state index contributed by atoms with van der Waals surface area (Å²) in [6, 6.07) is 8.48. The molecule has 3 N–H and O–H groups in total. The van der Waals surface area contributed by atoms with Gasteiger partial charge in [0, 0.05) is 29.2 Å².